The molecule has 406 valence electrons. The molecule has 2 saturated heterocycles. The van der Waals surface area contributed by atoms with Crippen molar-refractivity contribution < 1.29 is 32.8 Å². The summed E-state index contributed by atoms with van der Waals surface area (Å²) < 4.78 is 41.9. The molecule has 1 aromatic heterocycles. The molecule has 2 fully saturated rings. The van der Waals surface area contributed by atoms with E-state index in [0.717, 1.165) is 185 Å². The molecule has 9 heteroatoms. The molecule has 0 N–H and O–H groups in total. The first kappa shape index (κ1) is 52.9. The van der Waals surface area contributed by atoms with Crippen LogP contribution in [0, 0.1) is 10.8 Å². The standard InChI is InChI=1S/C70H74N2O7/c1-3-69(47-77-48-69)45-75-41-14-6-12-39-73-43-51-23-31-56(32-24-51)71(55-17-8-5-9-18-55)61-37-29-53-28-36-59-62(38-30-54-27-35-58(61)66(53)67(54)59)72(63-20-16-22-65-68(63)60-19-10-11-21-64(60)79-65)57-33-25-52(26-34-57)44-74-40-13-7-15-42-76-46-70(4-2)49-78-50-70/h5,8-11,16-38H,3-4,6-7,12-15,39-50H2,1-2H3. The number of furan rings is 1. The summed E-state index contributed by atoms with van der Waals surface area (Å²) in [5.41, 5.74) is 11.0. The second kappa shape index (κ2) is 24.3. The van der Waals surface area contributed by atoms with Crippen LogP contribution >= 0.6 is 0 Å². The molecule has 9 aromatic carbocycles. The van der Waals surface area contributed by atoms with Crippen molar-refractivity contribution in [2.24, 2.45) is 10.8 Å². The SMILES string of the molecule is CCC1(COCCCCCOCc2ccc(N(c3ccccc3)c3ccc4ccc5c(N(c6ccc(COCCCCCOCC7(CC)COC7)cc6)c6cccc7oc8ccccc8c67)ccc6ccc3c4c65)cc2)COC1. The van der Waals surface area contributed by atoms with Crippen molar-refractivity contribution in [3.63, 3.8) is 0 Å². The van der Waals surface area contributed by atoms with E-state index in [1.54, 1.807) is 0 Å². The molecule has 3 heterocycles. The van der Waals surface area contributed by atoms with Crippen molar-refractivity contribution in [1.29, 1.82) is 0 Å². The minimum Gasteiger partial charge on any atom is -0.456 e. The van der Waals surface area contributed by atoms with Gasteiger partial charge in [0.05, 0.1) is 75.3 Å². The molecule has 2 aliphatic heterocycles. The first-order valence-corrected chi connectivity index (χ1v) is 28.9. The van der Waals surface area contributed by atoms with Crippen molar-refractivity contribution in [3.05, 3.63) is 181 Å². The zero-order valence-corrected chi connectivity index (χ0v) is 46.1. The molecule has 0 aliphatic carbocycles. The Morgan fingerprint density at radius 3 is 1.38 bits per heavy atom. The average molecular weight is 1060 g/mol. The van der Waals surface area contributed by atoms with Gasteiger partial charge in [-0.25, -0.2) is 0 Å². The lowest BCUT2D eigenvalue weighted by Crippen LogP contribution is -2.45. The summed E-state index contributed by atoms with van der Waals surface area (Å²) in [7, 11) is 0. The number of benzene rings is 9. The van der Waals surface area contributed by atoms with E-state index in [1.165, 1.54) is 32.3 Å². The number of fused-ring (bicyclic) bond motifs is 3. The largest absolute Gasteiger partial charge is 0.456 e. The lowest BCUT2D eigenvalue weighted by molar-refractivity contribution is -0.150. The normalized spacial score (nSPS) is 14.9. The van der Waals surface area contributed by atoms with E-state index in [4.69, 9.17) is 32.8 Å². The molecule has 0 unspecified atom stereocenters. The lowest BCUT2D eigenvalue weighted by Gasteiger charge is -2.40. The van der Waals surface area contributed by atoms with E-state index in [2.05, 4.69) is 187 Å². The van der Waals surface area contributed by atoms with Gasteiger partial charge in [-0.1, -0.05) is 117 Å². The van der Waals surface area contributed by atoms with Crippen LogP contribution in [0.4, 0.5) is 34.1 Å². The van der Waals surface area contributed by atoms with Gasteiger partial charge in [0.2, 0.25) is 0 Å². The fourth-order valence-electron chi connectivity index (χ4n) is 11.7. The van der Waals surface area contributed by atoms with Gasteiger partial charge in [-0.05, 0) is 151 Å². The van der Waals surface area contributed by atoms with Gasteiger partial charge in [-0.15, -0.1) is 0 Å². The smallest absolute Gasteiger partial charge is 0.137 e. The van der Waals surface area contributed by atoms with Crippen LogP contribution in [-0.4, -0.2) is 66.1 Å². The van der Waals surface area contributed by atoms with Crippen LogP contribution in [0.1, 0.15) is 76.3 Å². The molecule has 2 aliphatic rings. The molecule has 10 aromatic rings. The summed E-state index contributed by atoms with van der Waals surface area (Å²) in [5, 5.41) is 9.40. The molecule has 0 bridgehead atoms. The third-order valence-corrected chi connectivity index (χ3v) is 16.8. The van der Waals surface area contributed by atoms with Gasteiger partial charge in [0.15, 0.2) is 0 Å². The van der Waals surface area contributed by atoms with Crippen molar-refractivity contribution >= 4 is 88.4 Å². The predicted molar refractivity (Wildman–Crippen MR) is 323 cm³/mol. The summed E-state index contributed by atoms with van der Waals surface area (Å²) in [4.78, 5) is 4.82. The number of hydrogen-bond acceptors (Lipinski definition) is 9. The molecule has 0 spiro atoms. The Bertz CT molecular complexity index is 3580. The average Bonchev–Trinajstić information content (AvgIpc) is 4.07. The molecular weight excluding hydrogens is 981 g/mol. The Morgan fingerprint density at radius 1 is 0.380 bits per heavy atom. The highest BCUT2D eigenvalue weighted by molar-refractivity contribution is 6.28. The minimum absolute atomic E-state index is 0.239. The number of unbranched alkanes of at least 4 members (excludes halogenated alkanes) is 4. The summed E-state index contributed by atoms with van der Waals surface area (Å²) in [6, 6.07) is 61.7. The Morgan fingerprint density at radius 2 is 0.848 bits per heavy atom. The number of para-hydroxylation sites is 2. The Balaban J connectivity index is 0.805. The molecular formula is C70H74N2O7. The Labute approximate surface area is 465 Å². The zero-order chi connectivity index (χ0) is 53.4. The third kappa shape index (κ3) is 11.2. The summed E-state index contributed by atoms with van der Waals surface area (Å²) in [6.07, 6.45) is 8.54. The molecule has 79 heavy (non-hydrogen) atoms. The van der Waals surface area contributed by atoms with E-state index >= 15 is 0 Å². The second-order valence-electron chi connectivity index (χ2n) is 22.2. The van der Waals surface area contributed by atoms with E-state index in [1.807, 2.05) is 6.07 Å². The zero-order valence-electron chi connectivity index (χ0n) is 46.1. The first-order chi connectivity index (χ1) is 39.0. The van der Waals surface area contributed by atoms with Gasteiger partial charge in [-0.3, -0.25) is 0 Å². The monoisotopic (exact) mass is 1050 g/mol. The van der Waals surface area contributed by atoms with Crippen LogP contribution in [0.2, 0.25) is 0 Å². The van der Waals surface area contributed by atoms with Gasteiger partial charge in [0.1, 0.15) is 11.2 Å². The lowest BCUT2D eigenvalue weighted by atomic mass is 9.84. The topological polar surface area (TPSA) is 75.0 Å². The summed E-state index contributed by atoms with van der Waals surface area (Å²) in [6.45, 7) is 13.6. The van der Waals surface area contributed by atoms with Crippen molar-refractivity contribution in [1.82, 2.24) is 0 Å². The quantitative estimate of drug-likeness (QED) is 0.0352. The molecule has 0 atom stereocenters. The number of ether oxygens (including phenoxy) is 6. The highest BCUT2D eigenvalue weighted by atomic mass is 16.5. The number of anilines is 6. The molecule has 0 saturated carbocycles. The second-order valence-corrected chi connectivity index (χ2v) is 22.2. The van der Waals surface area contributed by atoms with Gasteiger partial charge in [0.25, 0.3) is 0 Å². The summed E-state index contributed by atoms with van der Waals surface area (Å²) >= 11 is 0. The van der Waals surface area contributed by atoms with Crippen molar-refractivity contribution in [3.8, 4) is 0 Å². The van der Waals surface area contributed by atoms with Crippen LogP contribution in [0.15, 0.2) is 174 Å². The van der Waals surface area contributed by atoms with Crippen molar-refractivity contribution in [2.75, 3.05) is 75.9 Å². The van der Waals surface area contributed by atoms with Crippen LogP contribution in [0.5, 0.6) is 0 Å². The van der Waals surface area contributed by atoms with E-state index in [9.17, 15) is 0 Å². The Kier molecular flexibility index (Phi) is 16.2. The van der Waals surface area contributed by atoms with Crippen molar-refractivity contribution in [2.45, 2.75) is 78.4 Å². The maximum absolute atomic E-state index is 6.53. The molecule has 0 amide bonds. The molecule has 0 radical (unpaired) electrons. The first-order valence-electron chi connectivity index (χ1n) is 28.9. The highest BCUT2D eigenvalue weighted by Crippen LogP contribution is 2.49. The summed E-state index contributed by atoms with van der Waals surface area (Å²) in [5.74, 6) is 0. The third-order valence-electron chi connectivity index (χ3n) is 16.8. The number of nitrogens with zero attached hydrogens (tertiary/aromatic N) is 2. The number of rotatable bonds is 28. The molecule has 12 rings (SSSR count). The Hall–Kier alpha value is -6.82. The van der Waals surface area contributed by atoms with E-state index in [-0.39, 0.29) is 10.8 Å². The number of hydrogen-bond donors (Lipinski definition) is 0. The highest BCUT2D eigenvalue weighted by Gasteiger charge is 2.38. The van der Waals surface area contributed by atoms with Gasteiger partial charge < -0.3 is 42.6 Å². The van der Waals surface area contributed by atoms with Crippen LogP contribution in [0.25, 0.3) is 54.3 Å². The van der Waals surface area contributed by atoms with Gasteiger partial charge in [-0.2, -0.15) is 0 Å². The molecule has 9 nitrogen and oxygen atoms in total. The maximum Gasteiger partial charge on any atom is 0.137 e. The van der Waals surface area contributed by atoms with Gasteiger partial charge >= 0.3 is 0 Å². The van der Waals surface area contributed by atoms with E-state index in [0.29, 0.717) is 13.2 Å². The van der Waals surface area contributed by atoms with Crippen LogP contribution < -0.4 is 9.80 Å². The minimum atomic E-state index is 0.239. The fourth-order valence-corrected chi connectivity index (χ4v) is 11.7. The van der Waals surface area contributed by atoms with Crippen LogP contribution in [-0.2, 0) is 41.6 Å². The van der Waals surface area contributed by atoms with E-state index < -0.39 is 0 Å². The fraction of sp³-hybridized carbons (Fsp3) is 0.343. The van der Waals surface area contributed by atoms with Gasteiger partial charge in [0, 0.05) is 70.5 Å². The predicted octanol–water partition coefficient (Wildman–Crippen LogP) is 17.7. The maximum atomic E-state index is 6.53. The van der Waals surface area contributed by atoms with Crippen LogP contribution in [0.3, 0.4) is 0 Å².